The molecule has 0 aliphatic heterocycles. The molecule has 0 aliphatic rings. The Hall–Kier alpha value is -2.59. The zero-order chi connectivity index (χ0) is 14.4. The Morgan fingerprint density at radius 2 is 2.16 bits per heavy atom. The van der Waals surface area contributed by atoms with E-state index >= 15 is 0 Å². The molecule has 0 spiro atoms. The van der Waals surface area contributed by atoms with E-state index < -0.39 is 24.6 Å². The third-order valence-corrected chi connectivity index (χ3v) is 2.42. The smallest absolute Gasteiger partial charge is 0.328 e. The van der Waals surface area contributed by atoms with Gasteiger partial charge in [-0.2, -0.15) is 5.26 Å². The molecule has 1 unspecified atom stereocenters. The largest absolute Gasteiger partial charge is 0.480 e. The fraction of sp³-hybridized carbons (Fsp3) is 0.250. The maximum atomic E-state index is 11.6. The van der Waals surface area contributed by atoms with Crippen molar-refractivity contribution >= 4 is 17.7 Å². The first kappa shape index (κ1) is 14.5. The van der Waals surface area contributed by atoms with Gasteiger partial charge in [0, 0.05) is 0 Å². The number of amides is 2. The van der Waals surface area contributed by atoms with Crippen molar-refractivity contribution < 1.29 is 19.8 Å². The number of rotatable bonds is 4. The van der Waals surface area contributed by atoms with Gasteiger partial charge in [0.15, 0.2) is 6.04 Å². The van der Waals surface area contributed by atoms with E-state index in [0.29, 0.717) is 11.1 Å². The van der Waals surface area contributed by atoms with Crippen LogP contribution in [0.3, 0.4) is 0 Å². The van der Waals surface area contributed by atoms with Crippen LogP contribution in [0.15, 0.2) is 18.2 Å². The topological polar surface area (TPSA) is 122 Å². The molecule has 0 bridgehead atoms. The average molecular weight is 263 g/mol. The predicted octanol–water partition coefficient (Wildman–Crippen LogP) is 0.434. The lowest BCUT2D eigenvalue weighted by Gasteiger charge is -2.13. The molecule has 1 aromatic carbocycles. The summed E-state index contributed by atoms with van der Waals surface area (Å²) in [6.07, 6.45) is 0. The van der Waals surface area contributed by atoms with E-state index in [-0.39, 0.29) is 5.69 Å². The number of urea groups is 1. The summed E-state index contributed by atoms with van der Waals surface area (Å²) in [6.45, 7) is 0.997. The van der Waals surface area contributed by atoms with Crippen molar-refractivity contribution in [2.45, 2.75) is 13.0 Å². The van der Waals surface area contributed by atoms with Crippen molar-refractivity contribution in [1.29, 1.82) is 5.26 Å². The second-order valence-electron chi connectivity index (χ2n) is 3.78. The average Bonchev–Trinajstić information content (AvgIpc) is 2.36. The number of aliphatic hydroxyl groups is 1. The number of carbonyl (C=O) groups is 2. The Bertz CT molecular complexity index is 536. The fourth-order valence-corrected chi connectivity index (χ4v) is 1.42. The summed E-state index contributed by atoms with van der Waals surface area (Å²) < 4.78 is 0. The molecule has 0 heterocycles. The van der Waals surface area contributed by atoms with Crippen LogP contribution in [-0.4, -0.2) is 34.9 Å². The fourth-order valence-electron chi connectivity index (χ4n) is 1.42. The molecule has 0 saturated carbocycles. The number of carboxylic acid groups (broad SMARTS) is 1. The van der Waals surface area contributed by atoms with Gasteiger partial charge in [-0.05, 0) is 18.6 Å². The van der Waals surface area contributed by atoms with Crippen LogP contribution in [0, 0.1) is 18.3 Å². The van der Waals surface area contributed by atoms with Crippen LogP contribution in [0.4, 0.5) is 10.5 Å². The minimum absolute atomic E-state index is 0.280. The lowest BCUT2D eigenvalue weighted by atomic mass is 10.1. The van der Waals surface area contributed by atoms with Crippen molar-refractivity contribution in [3.05, 3.63) is 29.3 Å². The number of hydrogen-bond acceptors (Lipinski definition) is 4. The van der Waals surface area contributed by atoms with Crippen molar-refractivity contribution in [2.75, 3.05) is 11.9 Å². The number of aliphatic hydroxyl groups excluding tert-OH is 1. The van der Waals surface area contributed by atoms with E-state index in [1.807, 2.05) is 6.07 Å². The van der Waals surface area contributed by atoms with Crippen molar-refractivity contribution in [1.82, 2.24) is 5.32 Å². The number of nitriles is 1. The Labute approximate surface area is 109 Å². The Morgan fingerprint density at radius 1 is 1.47 bits per heavy atom. The van der Waals surface area contributed by atoms with Crippen LogP contribution in [0.2, 0.25) is 0 Å². The van der Waals surface area contributed by atoms with Gasteiger partial charge in [-0.25, -0.2) is 9.59 Å². The quantitative estimate of drug-likeness (QED) is 0.627. The molecular formula is C12H13N3O4. The molecule has 1 atom stereocenters. The third-order valence-electron chi connectivity index (χ3n) is 2.42. The van der Waals surface area contributed by atoms with Crippen molar-refractivity contribution in [3.8, 4) is 6.07 Å². The molecule has 0 fully saturated rings. The van der Waals surface area contributed by atoms with Gasteiger partial charge in [0.2, 0.25) is 0 Å². The summed E-state index contributed by atoms with van der Waals surface area (Å²) in [6, 6.07) is 4.66. The number of benzene rings is 1. The summed E-state index contributed by atoms with van der Waals surface area (Å²) in [5.41, 5.74) is 1.27. The summed E-state index contributed by atoms with van der Waals surface area (Å²) >= 11 is 0. The van der Waals surface area contributed by atoms with Gasteiger partial charge < -0.3 is 20.8 Å². The summed E-state index contributed by atoms with van der Waals surface area (Å²) in [4.78, 5) is 22.2. The minimum Gasteiger partial charge on any atom is -0.480 e. The number of nitrogens with zero attached hydrogens (tertiary/aromatic N) is 1. The molecule has 0 aliphatic carbocycles. The van der Waals surface area contributed by atoms with Crippen molar-refractivity contribution in [2.24, 2.45) is 0 Å². The Morgan fingerprint density at radius 3 is 2.68 bits per heavy atom. The first-order valence-electron chi connectivity index (χ1n) is 5.40. The normalized spacial score (nSPS) is 11.2. The number of aryl methyl sites for hydroxylation is 1. The maximum absolute atomic E-state index is 11.6. The minimum atomic E-state index is -1.39. The van der Waals surface area contributed by atoms with Crippen LogP contribution in [0.1, 0.15) is 11.1 Å². The van der Waals surface area contributed by atoms with Crippen LogP contribution in [0.5, 0.6) is 0 Å². The van der Waals surface area contributed by atoms with Gasteiger partial charge in [-0.15, -0.1) is 0 Å². The van der Waals surface area contributed by atoms with Gasteiger partial charge in [0.25, 0.3) is 0 Å². The highest BCUT2D eigenvalue weighted by Gasteiger charge is 2.19. The highest BCUT2D eigenvalue weighted by molar-refractivity contribution is 5.93. The lowest BCUT2D eigenvalue weighted by Crippen LogP contribution is -2.45. The highest BCUT2D eigenvalue weighted by atomic mass is 16.4. The number of hydrogen-bond donors (Lipinski definition) is 4. The third kappa shape index (κ3) is 3.69. The van der Waals surface area contributed by atoms with Crippen LogP contribution >= 0.6 is 0 Å². The number of carbonyl (C=O) groups excluding carboxylic acids is 1. The Balaban J connectivity index is 2.81. The number of anilines is 1. The zero-order valence-corrected chi connectivity index (χ0v) is 10.2. The van der Waals surface area contributed by atoms with Gasteiger partial charge in [-0.1, -0.05) is 12.1 Å². The molecule has 1 aromatic rings. The van der Waals surface area contributed by atoms with E-state index in [1.165, 1.54) is 6.07 Å². The second-order valence-corrected chi connectivity index (χ2v) is 3.78. The lowest BCUT2D eigenvalue weighted by molar-refractivity contribution is -0.140. The van der Waals surface area contributed by atoms with E-state index in [4.69, 9.17) is 15.5 Å². The zero-order valence-electron chi connectivity index (χ0n) is 10.2. The van der Waals surface area contributed by atoms with Gasteiger partial charge >= 0.3 is 12.0 Å². The standard InChI is InChI=1S/C12H13N3O4/c1-7-3-2-4-9(8(7)5-13)14-12(19)15-10(6-16)11(17)18/h2-4,10,16H,6H2,1H3,(H,17,18)(H2,14,15,19). The van der Waals surface area contributed by atoms with E-state index in [1.54, 1.807) is 19.1 Å². The van der Waals surface area contributed by atoms with Crippen LogP contribution in [0.25, 0.3) is 0 Å². The molecule has 0 saturated heterocycles. The SMILES string of the molecule is Cc1cccc(NC(=O)NC(CO)C(=O)O)c1C#N. The first-order chi connectivity index (χ1) is 8.99. The monoisotopic (exact) mass is 263 g/mol. The summed E-state index contributed by atoms with van der Waals surface area (Å²) in [5.74, 6) is -1.35. The molecule has 0 aromatic heterocycles. The molecule has 1 rings (SSSR count). The molecule has 0 radical (unpaired) electrons. The van der Waals surface area contributed by atoms with Crippen LogP contribution < -0.4 is 10.6 Å². The molecule has 19 heavy (non-hydrogen) atoms. The molecule has 7 nitrogen and oxygen atoms in total. The first-order valence-corrected chi connectivity index (χ1v) is 5.40. The number of aliphatic carboxylic acids is 1. The predicted molar refractivity (Wildman–Crippen MR) is 66.6 cm³/mol. The van der Waals surface area contributed by atoms with Gasteiger partial charge in [0.1, 0.15) is 6.07 Å². The molecular weight excluding hydrogens is 250 g/mol. The van der Waals surface area contributed by atoms with Crippen LogP contribution in [-0.2, 0) is 4.79 Å². The molecule has 100 valence electrons. The number of carboxylic acids is 1. The van der Waals surface area contributed by atoms with E-state index in [2.05, 4.69) is 10.6 Å². The molecule has 2 amide bonds. The van der Waals surface area contributed by atoms with E-state index in [9.17, 15) is 9.59 Å². The number of nitrogens with one attached hydrogen (secondary N) is 2. The van der Waals surface area contributed by atoms with E-state index in [0.717, 1.165) is 0 Å². The van der Waals surface area contributed by atoms with Gasteiger partial charge in [0.05, 0.1) is 17.9 Å². The summed E-state index contributed by atoms with van der Waals surface area (Å²) in [7, 11) is 0. The summed E-state index contributed by atoms with van der Waals surface area (Å²) in [5, 5.41) is 30.9. The molecule has 7 heteroatoms. The van der Waals surface area contributed by atoms with Crippen molar-refractivity contribution in [3.63, 3.8) is 0 Å². The highest BCUT2D eigenvalue weighted by Crippen LogP contribution is 2.17. The van der Waals surface area contributed by atoms with Gasteiger partial charge in [-0.3, -0.25) is 0 Å². The Kier molecular flexibility index (Phi) is 4.85. The second kappa shape index (κ2) is 6.37. The molecule has 4 N–H and O–H groups in total. The maximum Gasteiger partial charge on any atom is 0.328 e.